The fourth-order valence-electron chi connectivity index (χ4n) is 3.04. The Morgan fingerprint density at radius 2 is 1.80 bits per heavy atom. The lowest BCUT2D eigenvalue weighted by Crippen LogP contribution is -2.17. The lowest BCUT2D eigenvalue weighted by Gasteiger charge is -2.02. The molecule has 0 fully saturated rings. The average Bonchev–Trinajstić information content (AvgIpc) is 3.19. The summed E-state index contributed by atoms with van der Waals surface area (Å²) in [7, 11) is 0. The van der Waals surface area contributed by atoms with E-state index in [1.807, 2.05) is 67.7 Å². The van der Waals surface area contributed by atoms with Crippen LogP contribution in [0.3, 0.4) is 0 Å². The van der Waals surface area contributed by atoms with Crippen molar-refractivity contribution < 1.29 is 9.18 Å². The van der Waals surface area contributed by atoms with Crippen LogP contribution in [0.1, 0.15) is 21.5 Å². The van der Waals surface area contributed by atoms with E-state index < -0.39 is 11.7 Å². The molecule has 0 atom stereocenters. The standard InChI is InChI=1S/C24H19FN4O/c1-17-6-5-7-19(14-17)23-20(16-29(28-23)22-8-3-2-4-9-22)15-26-27-24(30)18-10-12-21(25)13-11-18/h2-16H,1H3,(H,27,30)/b26-15-. The summed E-state index contributed by atoms with van der Waals surface area (Å²) in [4.78, 5) is 12.2. The summed E-state index contributed by atoms with van der Waals surface area (Å²) < 4.78 is 14.8. The Morgan fingerprint density at radius 3 is 2.53 bits per heavy atom. The van der Waals surface area contributed by atoms with Crippen LogP contribution in [0.25, 0.3) is 16.9 Å². The molecular weight excluding hydrogens is 379 g/mol. The number of halogens is 1. The molecule has 0 aliphatic heterocycles. The van der Waals surface area contributed by atoms with Crippen LogP contribution in [0.2, 0.25) is 0 Å². The van der Waals surface area contributed by atoms with Crippen LogP contribution in [0.15, 0.2) is 90.2 Å². The number of nitrogens with one attached hydrogen (secondary N) is 1. The number of aromatic nitrogens is 2. The zero-order valence-electron chi connectivity index (χ0n) is 16.3. The summed E-state index contributed by atoms with van der Waals surface area (Å²) in [5.41, 5.74) is 7.30. The summed E-state index contributed by atoms with van der Waals surface area (Å²) in [6, 6.07) is 23.1. The van der Waals surface area contributed by atoms with E-state index in [1.165, 1.54) is 24.3 Å². The van der Waals surface area contributed by atoms with Gasteiger partial charge < -0.3 is 0 Å². The Hall–Kier alpha value is -4.06. The van der Waals surface area contributed by atoms with E-state index in [2.05, 4.69) is 10.5 Å². The minimum atomic E-state index is -0.418. The molecule has 6 heteroatoms. The van der Waals surface area contributed by atoms with Crippen molar-refractivity contribution in [3.63, 3.8) is 0 Å². The number of benzene rings is 3. The molecule has 0 aliphatic rings. The van der Waals surface area contributed by atoms with Crippen molar-refractivity contribution in [2.75, 3.05) is 0 Å². The number of carbonyl (C=O) groups excluding carboxylic acids is 1. The smallest absolute Gasteiger partial charge is 0.267 e. The maximum Gasteiger partial charge on any atom is 0.271 e. The second-order valence-electron chi connectivity index (χ2n) is 6.79. The van der Waals surface area contributed by atoms with Gasteiger partial charge in [-0.05, 0) is 49.4 Å². The van der Waals surface area contributed by atoms with Crippen molar-refractivity contribution in [3.05, 3.63) is 108 Å². The average molecular weight is 398 g/mol. The van der Waals surface area contributed by atoms with Crippen LogP contribution in [0, 0.1) is 12.7 Å². The topological polar surface area (TPSA) is 59.3 Å². The summed E-state index contributed by atoms with van der Waals surface area (Å²) in [6.45, 7) is 2.02. The highest BCUT2D eigenvalue weighted by atomic mass is 19.1. The molecule has 1 amide bonds. The number of carbonyl (C=O) groups is 1. The zero-order chi connectivity index (χ0) is 20.9. The van der Waals surface area contributed by atoms with Crippen LogP contribution in [0.5, 0.6) is 0 Å². The number of hydrazone groups is 1. The highest BCUT2D eigenvalue weighted by molar-refractivity contribution is 5.95. The number of para-hydroxylation sites is 1. The van der Waals surface area contributed by atoms with Gasteiger partial charge in [0.15, 0.2) is 0 Å². The number of rotatable bonds is 5. The predicted molar refractivity (Wildman–Crippen MR) is 115 cm³/mol. The van der Waals surface area contributed by atoms with E-state index >= 15 is 0 Å². The fraction of sp³-hybridized carbons (Fsp3) is 0.0417. The third-order valence-electron chi connectivity index (χ3n) is 4.53. The number of hydrogen-bond acceptors (Lipinski definition) is 3. The number of amides is 1. The molecule has 4 rings (SSSR count). The molecule has 0 bridgehead atoms. The van der Waals surface area contributed by atoms with Gasteiger partial charge in [-0.2, -0.15) is 10.2 Å². The van der Waals surface area contributed by atoms with E-state index in [4.69, 9.17) is 5.10 Å². The largest absolute Gasteiger partial charge is 0.271 e. The molecule has 1 N–H and O–H groups in total. The highest BCUT2D eigenvalue weighted by Crippen LogP contribution is 2.23. The third kappa shape index (κ3) is 4.33. The third-order valence-corrected chi connectivity index (χ3v) is 4.53. The lowest BCUT2D eigenvalue weighted by molar-refractivity contribution is 0.0955. The van der Waals surface area contributed by atoms with Crippen LogP contribution >= 0.6 is 0 Å². The number of nitrogens with zero attached hydrogens (tertiary/aromatic N) is 3. The van der Waals surface area contributed by atoms with E-state index in [0.29, 0.717) is 5.56 Å². The quantitative estimate of drug-likeness (QED) is 0.390. The van der Waals surface area contributed by atoms with Gasteiger partial charge in [0.25, 0.3) is 5.91 Å². The van der Waals surface area contributed by atoms with Crippen molar-refractivity contribution in [1.29, 1.82) is 0 Å². The molecule has 0 radical (unpaired) electrons. The molecule has 0 saturated heterocycles. The lowest BCUT2D eigenvalue weighted by atomic mass is 10.1. The summed E-state index contributed by atoms with van der Waals surface area (Å²) in [6.07, 6.45) is 3.42. The van der Waals surface area contributed by atoms with Gasteiger partial charge in [0.1, 0.15) is 11.5 Å². The Kier molecular flexibility index (Phi) is 5.48. The van der Waals surface area contributed by atoms with Gasteiger partial charge in [-0.25, -0.2) is 14.5 Å². The highest BCUT2D eigenvalue weighted by Gasteiger charge is 2.12. The molecule has 0 spiro atoms. The first kappa shape index (κ1) is 19.3. The summed E-state index contributed by atoms with van der Waals surface area (Å²) in [5, 5.41) is 8.81. The molecule has 0 aliphatic carbocycles. The SMILES string of the molecule is Cc1cccc(-c2nn(-c3ccccc3)cc2/C=N\NC(=O)c2ccc(F)cc2)c1. The normalized spacial score (nSPS) is 11.0. The molecule has 0 saturated carbocycles. The van der Waals surface area contributed by atoms with E-state index in [1.54, 1.807) is 10.9 Å². The second kappa shape index (κ2) is 8.53. The van der Waals surface area contributed by atoms with Gasteiger partial charge in [0.05, 0.1) is 11.9 Å². The molecular formula is C24H19FN4O. The molecule has 4 aromatic rings. The van der Waals surface area contributed by atoms with Crippen molar-refractivity contribution in [2.24, 2.45) is 5.10 Å². The molecule has 1 heterocycles. The maximum atomic E-state index is 13.0. The Morgan fingerprint density at radius 1 is 1.03 bits per heavy atom. The Bertz CT molecular complexity index is 1200. The van der Waals surface area contributed by atoms with Crippen LogP contribution in [-0.2, 0) is 0 Å². The van der Waals surface area contributed by atoms with Gasteiger partial charge in [-0.3, -0.25) is 4.79 Å². The first-order chi connectivity index (χ1) is 14.6. The van der Waals surface area contributed by atoms with Crippen molar-refractivity contribution >= 4 is 12.1 Å². The van der Waals surface area contributed by atoms with E-state index in [-0.39, 0.29) is 0 Å². The zero-order valence-corrected chi connectivity index (χ0v) is 16.3. The van der Waals surface area contributed by atoms with Crippen LogP contribution in [-0.4, -0.2) is 21.9 Å². The van der Waals surface area contributed by atoms with Gasteiger partial charge in [-0.15, -0.1) is 0 Å². The number of hydrogen-bond donors (Lipinski definition) is 1. The van der Waals surface area contributed by atoms with Crippen LogP contribution in [0.4, 0.5) is 4.39 Å². The Balaban J connectivity index is 1.64. The fourth-order valence-corrected chi connectivity index (χ4v) is 3.04. The molecule has 148 valence electrons. The minimum Gasteiger partial charge on any atom is -0.267 e. The molecule has 1 aromatic heterocycles. The molecule has 3 aromatic carbocycles. The first-order valence-electron chi connectivity index (χ1n) is 9.41. The molecule has 0 unspecified atom stereocenters. The van der Waals surface area contributed by atoms with Gasteiger partial charge in [-0.1, -0.05) is 42.0 Å². The van der Waals surface area contributed by atoms with E-state index in [9.17, 15) is 9.18 Å². The predicted octanol–water partition coefficient (Wildman–Crippen LogP) is 4.75. The number of aryl methyl sites for hydroxylation is 1. The van der Waals surface area contributed by atoms with Gasteiger partial charge in [0, 0.05) is 22.9 Å². The van der Waals surface area contributed by atoms with Crippen LogP contribution < -0.4 is 5.43 Å². The van der Waals surface area contributed by atoms with Crippen molar-refractivity contribution in [2.45, 2.75) is 6.92 Å². The van der Waals surface area contributed by atoms with Gasteiger partial charge in [0.2, 0.25) is 0 Å². The maximum absolute atomic E-state index is 13.0. The monoisotopic (exact) mass is 398 g/mol. The minimum absolute atomic E-state index is 0.326. The van der Waals surface area contributed by atoms with Crippen molar-refractivity contribution in [3.8, 4) is 16.9 Å². The van der Waals surface area contributed by atoms with E-state index in [0.717, 1.165) is 28.1 Å². The molecule has 5 nitrogen and oxygen atoms in total. The van der Waals surface area contributed by atoms with Gasteiger partial charge >= 0.3 is 0 Å². The summed E-state index contributed by atoms with van der Waals surface area (Å²) in [5.74, 6) is -0.815. The molecule has 30 heavy (non-hydrogen) atoms. The first-order valence-corrected chi connectivity index (χ1v) is 9.41. The van der Waals surface area contributed by atoms with Crippen molar-refractivity contribution in [1.82, 2.24) is 15.2 Å². The second-order valence-corrected chi connectivity index (χ2v) is 6.79. The summed E-state index contributed by atoms with van der Waals surface area (Å²) >= 11 is 0. The Labute approximate surface area is 173 Å².